The van der Waals surface area contributed by atoms with Crippen LogP contribution in [0.5, 0.6) is 5.75 Å². The highest BCUT2D eigenvalue weighted by atomic mass is 32.2. The highest BCUT2D eigenvalue weighted by Crippen LogP contribution is 2.31. The molecule has 0 atom stereocenters. The molecule has 9 heteroatoms. The molecule has 2 heterocycles. The Labute approximate surface area is 186 Å². The van der Waals surface area contributed by atoms with Gasteiger partial charge < -0.3 is 9.64 Å². The number of carbonyl (C=O) groups is 1. The van der Waals surface area contributed by atoms with Crippen molar-refractivity contribution in [2.24, 2.45) is 0 Å². The van der Waals surface area contributed by atoms with E-state index in [0.29, 0.717) is 24.4 Å². The summed E-state index contributed by atoms with van der Waals surface area (Å²) in [6.45, 7) is 1.09. The van der Waals surface area contributed by atoms with Crippen LogP contribution in [0.25, 0.3) is 10.2 Å². The van der Waals surface area contributed by atoms with Gasteiger partial charge >= 0.3 is 5.97 Å². The molecule has 1 aliphatic rings. The van der Waals surface area contributed by atoms with Crippen LogP contribution in [0.2, 0.25) is 0 Å². The second kappa shape index (κ2) is 8.94. The Bertz CT molecular complexity index is 1180. The highest BCUT2D eigenvalue weighted by molar-refractivity contribution is 7.89. The lowest BCUT2D eigenvalue weighted by atomic mass is 10.2. The SMILES string of the molecule is CN(C)c1nc2ccc(OC(=O)c3ccc(S(=O)(=O)N4CCCCCC4)cc3)cc2s1. The van der Waals surface area contributed by atoms with Gasteiger partial charge in [-0.2, -0.15) is 4.31 Å². The third kappa shape index (κ3) is 4.73. The van der Waals surface area contributed by atoms with Crippen LogP contribution in [0, 0.1) is 0 Å². The van der Waals surface area contributed by atoms with Crippen LogP contribution in [0.1, 0.15) is 36.0 Å². The number of thiazole rings is 1. The van der Waals surface area contributed by atoms with Crippen LogP contribution in [-0.2, 0) is 10.0 Å². The van der Waals surface area contributed by atoms with Crippen molar-refractivity contribution < 1.29 is 17.9 Å². The molecule has 0 bridgehead atoms. The number of hydrogen-bond acceptors (Lipinski definition) is 7. The van der Waals surface area contributed by atoms with Gasteiger partial charge in [0.2, 0.25) is 10.0 Å². The molecule has 0 radical (unpaired) electrons. The minimum Gasteiger partial charge on any atom is -0.423 e. The molecule has 164 valence electrons. The van der Waals surface area contributed by atoms with Crippen molar-refractivity contribution in [3.05, 3.63) is 48.0 Å². The van der Waals surface area contributed by atoms with Crippen LogP contribution in [0.15, 0.2) is 47.4 Å². The van der Waals surface area contributed by atoms with Crippen LogP contribution >= 0.6 is 11.3 Å². The van der Waals surface area contributed by atoms with Gasteiger partial charge in [-0.1, -0.05) is 24.2 Å². The lowest BCUT2D eigenvalue weighted by Crippen LogP contribution is -2.31. The van der Waals surface area contributed by atoms with E-state index in [9.17, 15) is 13.2 Å². The maximum Gasteiger partial charge on any atom is 0.343 e. The summed E-state index contributed by atoms with van der Waals surface area (Å²) in [4.78, 5) is 19.2. The number of hydrogen-bond donors (Lipinski definition) is 0. The number of nitrogens with zero attached hydrogens (tertiary/aromatic N) is 3. The molecule has 0 unspecified atom stereocenters. The first-order valence-corrected chi connectivity index (χ1v) is 12.5. The minimum absolute atomic E-state index is 0.202. The van der Waals surface area contributed by atoms with Gasteiger partial charge in [0.15, 0.2) is 5.13 Å². The molecule has 0 N–H and O–H groups in total. The molecule has 3 aromatic rings. The Balaban J connectivity index is 1.48. The zero-order chi connectivity index (χ0) is 22.0. The van der Waals surface area contributed by atoms with E-state index in [1.54, 1.807) is 16.4 Å². The van der Waals surface area contributed by atoms with Gasteiger partial charge in [-0.15, -0.1) is 0 Å². The van der Waals surface area contributed by atoms with E-state index < -0.39 is 16.0 Å². The van der Waals surface area contributed by atoms with Crippen molar-refractivity contribution in [3.63, 3.8) is 0 Å². The molecule has 1 aromatic heterocycles. The summed E-state index contributed by atoms with van der Waals surface area (Å²) in [5.74, 6) is -0.108. The van der Waals surface area contributed by atoms with Gasteiger partial charge in [-0.3, -0.25) is 0 Å². The topological polar surface area (TPSA) is 79.8 Å². The van der Waals surface area contributed by atoms with E-state index in [2.05, 4.69) is 4.98 Å². The first-order valence-electron chi connectivity index (χ1n) is 10.2. The van der Waals surface area contributed by atoms with Crippen molar-refractivity contribution >= 4 is 42.7 Å². The molecule has 0 saturated carbocycles. The average molecular weight is 460 g/mol. The maximum atomic E-state index is 12.9. The van der Waals surface area contributed by atoms with Gasteiger partial charge in [0, 0.05) is 33.3 Å². The monoisotopic (exact) mass is 459 g/mol. The fourth-order valence-electron chi connectivity index (χ4n) is 3.51. The van der Waals surface area contributed by atoms with Crippen LogP contribution in [-0.4, -0.2) is 50.9 Å². The predicted octanol–water partition coefficient (Wildman–Crippen LogP) is 4.15. The second-order valence-corrected chi connectivity index (χ2v) is 10.7. The zero-order valence-electron chi connectivity index (χ0n) is 17.6. The Morgan fingerprint density at radius 3 is 2.35 bits per heavy atom. The van der Waals surface area contributed by atoms with E-state index >= 15 is 0 Å². The zero-order valence-corrected chi connectivity index (χ0v) is 19.2. The Morgan fingerprint density at radius 2 is 1.71 bits per heavy atom. The minimum atomic E-state index is -3.54. The van der Waals surface area contributed by atoms with Crippen molar-refractivity contribution in [2.75, 3.05) is 32.1 Å². The van der Waals surface area contributed by atoms with E-state index in [-0.39, 0.29) is 4.90 Å². The van der Waals surface area contributed by atoms with E-state index in [4.69, 9.17) is 4.74 Å². The van der Waals surface area contributed by atoms with E-state index in [0.717, 1.165) is 41.0 Å². The molecule has 2 aromatic carbocycles. The van der Waals surface area contributed by atoms with Gasteiger partial charge in [0.05, 0.1) is 20.7 Å². The van der Waals surface area contributed by atoms with Crippen LogP contribution < -0.4 is 9.64 Å². The number of rotatable bonds is 5. The third-order valence-electron chi connectivity index (χ3n) is 5.23. The Hall–Kier alpha value is -2.49. The summed E-state index contributed by atoms with van der Waals surface area (Å²) >= 11 is 1.51. The fraction of sp³-hybridized carbons (Fsp3) is 0.364. The number of fused-ring (bicyclic) bond motifs is 1. The summed E-state index contributed by atoms with van der Waals surface area (Å²) in [6.07, 6.45) is 3.87. The van der Waals surface area contributed by atoms with Crippen molar-refractivity contribution in [2.45, 2.75) is 30.6 Å². The largest absolute Gasteiger partial charge is 0.423 e. The van der Waals surface area contributed by atoms with E-state index in [1.807, 2.05) is 25.1 Å². The first kappa shape index (κ1) is 21.7. The molecular weight excluding hydrogens is 434 g/mol. The highest BCUT2D eigenvalue weighted by Gasteiger charge is 2.25. The van der Waals surface area contributed by atoms with Crippen molar-refractivity contribution in [1.82, 2.24) is 9.29 Å². The second-order valence-electron chi connectivity index (χ2n) is 7.75. The quantitative estimate of drug-likeness (QED) is 0.421. The molecular formula is C22H25N3O4S2. The maximum absolute atomic E-state index is 12.9. The first-order chi connectivity index (χ1) is 14.8. The predicted molar refractivity (Wildman–Crippen MR) is 123 cm³/mol. The number of carbonyl (C=O) groups excluding carboxylic acids is 1. The molecule has 1 aliphatic heterocycles. The molecule has 7 nitrogen and oxygen atoms in total. The molecule has 1 saturated heterocycles. The number of anilines is 1. The van der Waals surface area contributed by atoms with Crippen molar-refractivity contribution in [3.8, 4) is 5.75 Å². The molecule has 4 rings (SSSR count). The van der Waals surface area contributed by atoms with Gasteiger partial charge in [-0.05, 0) is 49.2 Å². The number of esters is 1. The van der Waals surface area contributed by atoms with Crippen LogP contribution in [0.3, 0.4) is 0 Å². The van der Waals surface area contributed by atoms with Crippen LogP contribution in [0.4, 0.5) is 5.13 Å². The summed E-state index contributed by atoms with van der Waals surface area (Å²) in [5.41, 5.74) is 1.14. The lowest BCUT2D eigenvalue weighted by Gasteiger charge is -2.19. The number of ether oxygens (including phenoxy) is 1. The summed E-state index contributed by atoms with van der Waals surface area (Å²) in [5, 5.41) is 0.875. The number of benzene rings is 2. The van der Waals surface area contributed by atoms with Gasteiger partial charge in [0.1, 0.15) is 5.75 Å². The standard InChI is InChI=1S/C22H25N3O4S2/c1-24(2)22-23-19-12-9-17(15-20(19)30-22)29-21(26)16-7-10-18(11-8-16)31(27,28)25-13-5-3-4-6-14-25/h7-12,15H,3-6,13-14H2,1-2H3. The van der Waals surface area contributed by atoms with Gasteiger partial charge in [0.25, 0.3) is 0 Å². The smallest absolute Gasteiger partial charge is 0.343 e. The fourth-order valence-corrected chi connectivity index (χ4v) is 5.94. The molecule has 31 heavy (non-hydrogen) atoms. The lowest BCUT2D eigenvalue weighted by molar-refractivity contribution is 0.0735. The van der Waals surface area contributed by atoms with Crippen molar-refractivity contribution in [1.29, 1.82) is 0 Å². The van der Waals surface area contributed by atoms with E-state index in [1.165, 1.54) is 35.6 Å². The summed E-state index contributed by atoms with van der Waals surface area (Å²) < 4.78 is 33.7. The Kier molecular flexibility index (Phi) is 6.27. The number of sulfonamides is 1. The molecule has 0 spiro atoms. The molecule has 0 amide bonds. The summed E-state index contributed by atoms with van der Waals surface area (Å²) in [7, 11) is 0.308. The third-order valence-corrected chi connectivity index (χ3v) is 8.33. The average Bonchev–Trinajstić information content (AvgIpc) is 2.98. The normalized spacial score (nSPS) is 15.5. The summed E-state index contributed by atoms with van der Waals surface area (Å²) in [6, 6.07) is 11.3. The molecule has 0 aliphatic carbocycles. The van der Waals surface area contributed by atoms with Gasteiger partial charge in [-0.25, -0.2) is 18.2 Å². The number of aromatic nitrogens is 1. The molecule has 1 fully saturated rings. The Morgan fingerprint density at radius 1 is 1.03 bits per heavy atom.